The van der Waals surface area contributed by atoms with Gasteiger partial charge in [0, 0.05) is 5.39 Å². The molecule has 3 N–H and O–H groups in total. The maximum absolute atomic E-state index is 12.2. The quantitative estimate of drug-likeness (QED) is 0.193. The van der Waals surface area contributed by atoms with E-state index in [4.69, 9.17) is 18.9 Å². The lowest BCUT2D eigenvalue weighted by molar-refractivity contribution is -0.873. The number of rotatable bonds is 16. The summed E-state index contributed by atoms with van der Waals surface area (Å²) in [7, 11) is 1.26. The Labute approximate surface area is 201 Å². The summed E-state index contributed by atoms with van der Waals surface area (Å²) in [6.45, 7) is 1.01. The fraction of sp³-hybridized carbons (Fsp3) is 0.542. The number of hydrogen-bond acceptors (Lipinski definition) is 6. The van der Waals surface area contributed by atoms with Gasteiger partial charge in [-0.3, -0.25) is 13.8 Å². The van der Waals surface area contributed by atoms with E-state index >= 15 is 0 Å². The van der Waals surface area contributed by atoms with Gasteiger partial charge in [-0.15, -0.1) is 0 Å². The van der Waals surface area contributed by atoms with Crippen LogP contribution in [0.15, 0.2) is 42.5 Å². The summed E-state index contributed by atoms with van der Waals surface area (Å²) in [6.07, 6.45) is 3.09. The van der Waals surface area contributed by atoms with Crippen LogP contribution in [0.4, 0.5) is 0 Å². The van der Waals surface area contributed by atoms with Crippen LogP contribution in [-0.4, -0.2) is 72.9 Å². The molecule has 0 saturated carbocycles. The Bertz CT molecular complexity index is 925. The van der Waals surface area contributed by atoms with Crippen molar-refractivity contribution in [1.82, 2.24) is 0 Å². The zero-order valence-electron chi connectivity index (χ0n) is 20.3. The monoisotopic (exact) mass is 499 g/mol. The van der Waals surface area contributed by atoms with E-state index < -0.39 is 19.9 Å². The van der Waals surface area contributed by atoms with Crippen molar-refractivity contribution >= 4 is 24.6 Å². The highest BCUT2D eigenvalue weighted by molar-refractivity contribution is 7.47. The fourth-order valence-electron chi connectivity index (χ4n) is 3.58. The van der Waals surface area contributed by atoms with Gasteiger partial charge < -0.3 is 24.7 Å². The number of carboxylic acid groups (broad SMARTS) is 1. The zero-order chi connectivity index (χ0) is 24.3. The number of nitrogens with zero attached hydrogens (tertiary/aromatic N) is 1. The summed E-state index contributed by atoms with van der Waals surface area (Å²) >= 11 is 0. The Kier molecular flexibility index (Phi) is 12.7. The molecular weight excluding hydrogens is 461 g/mol. The van der Waals surface area contributed by atoms with Crippen molar-refractivity contribution in [2.24, 2.45) is 0 Å². The fourth-order valence-corrected chi connectivity index (χ4v) is 4.52. The van der Waals surface area contributed by atoms with Crippen molar-refractivity contribution in [1.29, 1.82) is 0 Å². The number of fused-ring (bicyclic) bond motifs is 1. The summed E-state index contributed by atoms with van der Waals surface area (Å²) in [5.41, 5.74) is 0. The number of carbonyl (C=O) groups is 1. The van der Waals surface area contributed by atoms with Crippen LogP contribution in [0.5, 0.6) is 5.75 Å². The molecule has 0 radical (unpaired) electrons. The van der Waals surface area contributed by atoms with Gasteiger partial charge in [0.25, 0.3) is 0 Å². The first-order valence-corrected chi connectivity index (χ1v) is 12.8. The van der Waals surface area contributed by atoms with Gasteiger partial charge in [-0.25, -0.2) is 4.57 Å². The zero-order valence-corrected chi connectivity index (χ0v) is 21.2. The smallest absolute Gasteiger partial charge is 0.472 e. The molecule has 2 rings (SSSR count). The van der Waals surface area contributed by atoms with Crippen LogP contribution >= 0.6 is 7.82 Å². The first kappa shape index (κ1) is 30.0. The van der Waals surface area contributed by atoms with Crippen LogP contribution in [0, 0.1) is 0 Å². The van der Waals surface area contributed by atoms with Gasteiger partial charge in [-0.2, -0.15) is 0 Å². The molecule has 0 fully saturated rings. The summed E-state index contributed by atoms with van der Waals surface area (Å²) in [5, 5.41) is 11.3. The molecule has 192 valence electrons. The predicted molar refractivity (Wildman–Crippen MR) is 130 cm³/mol. The lowest BCUT2D eigenvalue weighted by Crippen LogP contribution is -2.42. The van der Waals surface area contributed by atoms with E-state index in [9.17, 15) is 14.3 Å². The van der Waals surface area contributed by atoms with Gasteiger partial charge in [0.2, 0.25) is 0 Å². The molecule has 2 atom stereocenters. The minimum Gasteiger partial charge on any atom is -0.870 e. The number of quaternary nitrogens is 1. The minimum atomic E-state index is -4.30. The Morgan fingerprint density at radius 2 is 1.59 bits per heavy atom. The lowest BCUT2D eigenvalue weighted by Gasteiger charge is -2.29. The van der Waals surface area contributed by atoms with Crippen LogP contribution in [-0.2, 0) is 18.4 Å². The topological polar surface area (TPSA) is 132 Å². The molecule has 0 saturated heterocycles. The minimum absolute atomic E-state index is 0. The largest absolute Gasteiger partial charge is 0.870 e. The van der Waals surface area contributed by atoms with Crippen LogP contribution in [0.1, 0.15) is 38.5 Å². The number of phosphoric ester groups is 1. The standard InChI is InChI=1S/C24H36NO7P.H2O/c1-25(2,3)19-21(18-24(26)27)32-33(28,29)31-17-10-6-4-5-9-16-30-23-15-11-13-20-12-7-8-14-22(20)23;/h7-8,11-15,21H,4-6,9-10,16-19H2,1-3H3,(H-,26,27,28,29);1H2/t21-;/m1./s1. The molecule has 0 amide bonds. The average molecular weight is 500 g/mol. The molecule has 0 bridgehead atoms. The van der Waals surface area contributed by atoms with Crippen molar-refractivity contribution < 1.29 is 43.1 Å². The van der Waals surface area contributed by atoms with Gasteiger partial charge in [-0.1, -0.05) is 55.7 Å². The summed E-state index contributed by atoms with van der Waals surface area (Å²) in [5.74, 6) is -0.190. The number of hydrogen-bond donors (Lipinski definition) is 2. The van der Waals surface area contributed by atoms with Gasteiger partial charge in [0.15, 0.2) is 0 Å². The highest BCUT2D eigenvalue weighted by atomic mass is 31.2. The Morgan fingerprint density at radius 1 is 0.971 bits per heavy atom. The van der Waals surface area contributed by atoms with Crippen LogP contribution in [0.25, 0.3) is 10.8 Å². The molecule has 34 heavy (non-hydrogen) atoms. The average Bonchev–Trinajstić information content (AvgIpc) is 2.70. The maximum Gasteiger partial charge on any atom is 0.472 e. The van der Waals surface area contributed by atoms with Crippen molar-refractivity contribution in [3.05, 3.63) is 42.5 Å². The molecule has 0 aliphatic rings. The van der Waals surface area contributed by atoms with Crippen molar-refractivity contribution in [3.8, 4) is 5.75 Å². The maximum atomic E-state index is 12.2. The number of likely N-dealkylation sites (N-methyl/N-ethyl adjacent to an activating group) is 1. The van der Waals surface area contributed by atoms with E-state index in [1.165, 1.54) is 0 Å². The second-order valence-corrected chi connectivity index (χ2v) is 10.6. The normalized spacial score (nSPS) is 14.2. The number of aliphatic carboxylic acids is 1. The van der Waals surface area contributed by atoms with Gasteiger partial charge in [0.05, 0.1) is 40.8 Å². The van der Waals surface area contributed by atoms with E-state index in [0.717, 1.165) is 42.2 Å². The molecule has 1 unspecified atom stereocenters. The number of unbranched alkanes of at least 4 members (excludes halogenated alkanes) is 4. The molecule has 0 heterocycles. The van der Waals surface area contributed by atoms with Gasteiger partial charge >= 0.3 is 13.8 Å². The summed E-state index contributed by atoms with van der Waals surface area (Å²) in [4.78, 5) is 21.0. The second kappa shape index (κ2) is 14.4. The highest BCUT2D eigenvalue weighted by Crippen LogP contribution is 2.45. The molecule has 9 nitrogen and oxygen atoms in total. The molecule has 0 aromatic heterocycles. The van der Waals surface area contributed by atoms with Crippen molar-refractivity contribution in [2.45, 2.75) is 44.6 Å². The highest BCUT2D eigenvalue weighted by Gasteiger charge is 2.31. The van der Waals surface area contributed by atoms with E-state index in [1.54, 1.807) is 0 Å². The van der Waals surface area contributed by atoms with Crippen LogP contribution in [0.2, 0.25) is 0 Å². The SMILES string of the molecule is C[N+](C)(C)C[C@@H](CC(=O)O)OP(=O)(O)OCCCCCCCOc1cccc2ccccc12.[OH-]. The van der Waals surface area contributed by atoms with E-state index in [0.29, 0.717) is 17.5 Å². The molecule has 2 aromatic rings. The van der Waals surface area contributed by atoms with Crippen LogP contribution in [0.3, 0.4) is 0 Å². The number of benzene rings is 2. The lowest BCUT2D eigenvalue weighted by atomic mass is 10.1. The third kappa shape index (κ3) is 11.9. The molecular formula is C24H38NO8P. The first-order chi connectivity index (χ1) is 15.6. The summed E-state index contributed by atoms with van der Waals surface area (Å²) in [6, 6.07) is 14.2. The molecule has 0 spiro atoms. The van der Waals surface area contributed by atoms with E-state index in [2.05, 4.69) is 18.2 Å². The van der Waals surface area contributed by atoms with Crippen molar-refractivity contribution in [2.75, 3.05) is 40.9 Å². The molecule has 10 heteroatoms. The van der Waals surface area contributed by atoms with Crippen LogP contribution < -0.4 is 4.74 Å². The second-order valence-electron chi connectivity index (χ2n) is 9.19. The van der Waals surface area contributed by atoms with Crippen molar-refractivity contribution in [3.63, 3.8) is 0 Å². The number of phosphoric acid groups is 1. The Hall–Kier alpha value is -2.00. The Morgan fingerprint density at radius 3 is 2.26 bits per heavy atom. The number of ether oxygens (including phenoxy) is 1. The molecule has 2 aromatic carbocycles. The third-order valence-electron chi connectivity index (χ3n) is 4.99. The molecule has 0 aliphatic carbocycles. The van der Waals surface area contributed by atoms with Gasteiger partial charge in [0.1, 0.15) is 18.4 Å². The molecule has 0 aliphatic heterocycles. The van der Waals surface area contributed by atoms with E-state index in [1.807, 2.05) is 45.4 Å². The number of carboxylic acids is 1. The predicted octanol–water partition coefficient (Wildman–Crippen LogP) is 4.68. The van der Waals surface area contributed by atoms with Gasteiger partial charge in [-0.05, 0) is 24.3 Å². The first-order valence-electron chi connectivity index (χ1n) is 11.3. The Balaban J connectivity index is 0.00000578. The third-order valence-corrected chi connectivity index (χ3v) is 6.06. The summed E-state index contributed by atoms with van der Waals surface area (Å²) < 4.78 is 28.7. The van der Waals surface area contributed by atoms with E-state index in [-0.39, 0.29) is 25.0 Å².